The third kappa shape index (κ3) is 2.18. The summed E-state index contributed by atoms with van der Waals surface area (Å²) in [5.41, 5.74) is -2.34. The highest BCUT2D eigenvalue weighted by molar-refractivity contribution is 6.29. The van der Waals surface area contributed by atoms with Crippen LogP contribution in [0.4, 0.5) is 4.39 Å². The van der Waals surface area contributed by atoms with Crippen molar-refractivity contribution in [2.75, 3.05) is 5.88 Å². The van der Waals surface area contributed by atoms with Crippen LogP contribution in [0.2, 0.25) is 0 Å². The van der Waals surface area contributed by atoms with Crippen LogP contribution >= 0.6 is 23.2 Å². The standard InChI is InChI=1S/C21H25Cl2FO3/c1-18-7-5-13(25)9-12(18)3-4-15-14-6-8-20(27,17(26)11-22)19(14,2)10-16(24)21(15,18)23/h5,7,9,14-16,27H,3-4,6,8,10-11H2,1-2H3/t14-,15-,16?,18-,19-,20-,21-/m0/s1. The smallest absolute Gasteiger partial charge is 0.179 e. The number of carbonyl (C=O) groups is 2. The van der Waals surface area contributed by atoms with Crippen molar-refractivity contribution in [3.05, 3.63) is 23.8 Å². The topological polar surface area (TPSA) is 54.4 Å². The van der Waals surface area contributed by atoms with Crippen molar-refractivity contribution < 1.29 is 19.1 Å². The minimum atomic E-state index is -1.60. The van der Waals surface area contributed by atoms with Gasteiger partial charge in [0.05, 0.1) is 10.8 Å². The first kappa shape index (κ1) is 19.6. The second-order valence-electron chi connectivity index (χ2n) is 9.17. The van der Waals surface area contributed by atoms with E-state index in [9.17, 15) is 14.7 Å². The maximum absolute atomic E-state index is 15.9. The Bertz CT molecular complexity index is 779. The third-order valence-corrected chi connectivity index (χ3v) is 9.48. The Balaban J connectivity index is 1.81. The van der Waals surface area contributed by atoms with E-state index in [1.807, 2.05) is 13.8 Å². The number of carbonyl (C=O) groups excluding carboxylic acids is 2. The van der Waals surface area contributed by atoms with E-state index in [4.69, 9.17) is 23.2 Å². The van der Waals surface area contributed by atoms with Crippen LogP contribution in [0.15, 0.2) is 23.8 Å². The summed E-state index contributed by atoms with van der Waals surface area (Å²) in [6, 6.07) is 0. The van der Waals surface area contributed by atoms with Gasteiger partial charge >= 0.3 is 0 Å². The van der Waals surface area contributed by atoms with Gasteiger partial charge < -0.3 is 5.11 Å². The van der Waals surface area contributed by atoms with Gasteiger partial charge in [0.25, 0.3) is 0 Å². The van der Waals surface area contributed by atoms with Gasteiger partial charge in [0.15, 0.2) is 11.6 Å². The molecule has 4 aliphatic carbocycles. The number of fused-ring (bicyclic) bond motifs is 5. The molecule has 0 spiro atoms. The monoisotopic (exact) mass is 414 g/mol. The summed E-state index contributed by atoms with van der Waals surface area (Å²) in [7, 11) is 0. The van der Waals surface area contributed by atoms with E-state index in [2.05, 4.69) is 0 Å². The highest BCUT2D eigenvalue weighted by Crippen LogP contribution is 2.71. The zero-order valence-electron chi connectivity index (χ0n) is 15.6. The molecule has 4 rings (SSSR count). The molecule has 0 aromatic carbocycles. The quantitative estimate of drug-likeness (QED) is 0.690. The zero-order valence-corrected chi connectivity index (χ0v) is 17.1. The van der Waals surface area contributed by atoms with E-state index in [-0.39, 0.29) is 29.9 Å². The van der Waals surface area contributed by atoms with E-state index >= 15 is 4.39 Å². The maximum atomic E-state index is 15.9. The first-order valence-electron chi connectivity index (χ1n) is 9.63. The van der Waals surface area contributed by atoms with E-state index < -0.39 is 33.3 Å². The lowest BCUT2D eigenvalue weighted by atomic mass is 9.46. The van der Waals surface area contributed by atoms with Crippen LogP contribution in [0, 0.1) is 22.7 Å². The Kier molecular flexibility index (Phi) is 4.28. The number of rotatable bonds is 2. The molecule has 0 amide bonds. The van der Waals surface area contributed by atoms with Crippen LogP contribution in [0.3, 0.4) is 0 Å². The highest BCUT2D eigenvalue weighted by Gasteiger charge is 2.73. The van der Waals surface area contributed by atoms with Crippen LogP contribution in [0.25, 0.3) is 0 Å². The molecule has 0 saturated heterocycles. The van der Waals surface area contributed by atoms with Crippen LogP contribution in [0.5, 0.6) is 0 Å². The first-order valence-corrected chi connectivity index (χ1v) is 10.5. The zero-order chi connectivity index (χ0) is 19.8. The molecular weight excluding hydrogens is 390 g/mol. The third-order valence-electron chi connectivity index (χ3n) is 8.33. The van der Waals surface area contributed by atoms with Crippen molar-refractivity contribution in [2.24, 2.45) is 22.7 Å². The number of Topliss-reactive ketones (excluding diaryl/α,β-unsaturated/α-hetero) is 1. The van der Waals surface area contributed by atoms with Crippen molar-refractivity contribution in [3.8, 4) is 0 Å². The average Bonchev–Trinajstić information content (AvgIpc) is 2.88. The van der Waals surface area contributed by atoms with Gasteiger partial charge in [-0.1, -0.05) is 25.5 Å². The second kappa shape index (κ2) is 5.90. The Hall–Kier alpha value is -0.710. The number of allylic oxidation sites excluding steroid dienone is 4. The fraction of sp³-hybridized carbons (Fsp3) is 0.714. The summed E-state index contributed by atoms with van der Waals surface area (Å²) >= 11 is 12.9. The minimum absolute atomic E-state index is 0.0153. The van der Waals surface area contributed by atoms with Gasteiger partial charge in [-0.15, -0.1) is 23.2 Å². The average molecular weight is 415 g/mol. The van der Waals surface area contributed by atoms with Gasteiger partial charge in [-0.05, 0) is 56.1 Å². The molecule has 3 saturated carbocycles. The molecule has 4 aliphatic rings. The molecule has 0 aliphatic heterocycles. The number of aliphatic hydroxyl groups is 1. The molecule has 1 unspecified atom stereocenters. The Morgan fingerprint density at radius 2 is 2.04 bits per heavy atom. The van der Waals surface area contributed by atoms with Crippen molar-refractivity contribution in [2.45, 2.75) is 62.6 Å². The van der Waals surface area contributed by atoms with Crippen molar-refractivity contribution in [3.63, 3.8) is 0 Å². The molecule has 7 atom stereocenters. The summed E-state index contributed by atoms with van der Waals surface area (Å²) < 4.78 is 15.9. The van der Waals surface area contributed by atoms with Gasteiger partial charge in [0.2, 0.25) is 0 Å². The van der Waals surface area contributed by atoms with E-state index in [0.717, 1.165) is 5.57 Å². The van der Waals surface area contributed by atoms with Crippen molar-refractivity contribution >= 4 is 34.8 Å². The van der Waals surface area contributed by atoms with Gasteiger partial charge in [0.1, 0.15) is 11.8 Å². The SMILES string of the molecule is C[C@]12C=CC(=O)C=C1CC[C@H]1[C@@H]3CC[C@](O)(C(=O)CCl)[C@@]3(C)CC(F)[C@@]12Cl. The molecule has 0 bridgehead atoms. The number of alkyl halides is 3. The van der Waals surface area contributed by atoms with Gasteiger partial charge in [0, 0.05) is 10.8 Å². The highest BCUT2D eigenvalue weighted by atomic mass is 35.5. The van der Waals surface area contributed by atoms with E-state index in [1.165, 1.54) is 6.08 Å². The molecular formula is C21H25Cl2FO3. The second-order valence-corrected chi connectivity index (χ2v) is 10.1. The molecule has 0 aromatic heterocycles. The predicted octanol–water partition coefficient (Wildman–Crippen LogP) is 4.14. The summed E-state index contributed by atoms with van der Waals surface area (Å²) in [4.78, 5) is 23.1. The number of halogens is 3. The van der Waals surface area contributed by atoms with E-state index in [1.54, 1.807) is 12.2 Å². The predicted molar refractivity (Wildman–Crippen MR) is 103 cm³/mol. The molecule has 0 aromatic rings. The molecule has 0 radical (unpaired) electrons. The van der Waals surface area contributed by atoms with Crippen LogP contribution in [-0.2, 0) is 9.59 Å². The fourth-order valence-corrected chi connectivity index (χ4v) is 7.46. The molecule has 0 heterocycles. The Morgan fingerprint density at radius 3 is 2.70 bits per heavy atom. The Morgan fingerprint density at radius 1 is 1.33 bits per heavy atom. The van der Waals surface area contributed by atoms with Gasteiger partial charge in [-0.2, -0.15) is 0 Å². The molecule has 1 N–H and O–H groups in total. The normalized spacial score (nSPS) is 51.3. The molecule has 148 valence electrons. The summed E-state index contributed by atoms with van der Waals surface area (Å²) in [5, 5.41) is 11.2. The summed E-state index contributed by atoms with van der Waals surface area (Å²) in [6.07, 6.45) is 5.70. The van der Waals surface area contributed by atoms with Gasteiger partial charge in [-0.25, -0.2) is 4.39 Å². The lowest BCUT2D eigenvalue weighted by Gasteiger charge is -2.63. The lowest BCUT2D eigenvalue weighted by molar-refractivity contribution is -0.163. The maximum Gasteiger partial charge on any atom is 0.179 e. The van der Waals surface area contributed by atoms with Gasteiger partial charge in [-0.3, -0.25) is 9.59 Å². The lowest BCUT2D eigenvalue weighted by Crippen LogP contribution is -2.67. The number of hydrogen-bond acceptors (Lipinski definition) is 3. The Labute approximate surface area is 169 Å². The van der Waals surface area contributed by atoms with Crippen molar-refractivity contribution in [1.29, 1.82) is 0 Å². The number of ketones is 2. The largest absolute Gasteiger partial charge is 0.381 e. The molecule has 27 heavy (non-hydrogen) atoms. The summed E-state index contributed by atoms with van der Waals surface area (Å²) in [5.74, 6) is -1.04. The van der Waals surface area contributed by atoms with Crippen LogP contribution in [0.1, 0.15) is 46.0 Å². The summed E-state index contributed by atoms with van der Waals surface area (Å²) in [6.45, 7) is 3.74. The molecule has 3 nitrogen and oxygen atoms in total. The van der Waals surface area contributed by atoms with Crippen LogP contribution in [-0.4, -0.2) is 39.2 Å². The minimum Gasteiger partial charge on any atom is -0.381 e. The number of hydrogen-bond donors (Lipinski definition) is 1. The molecule has 3 fully saturated rings. The molecule has 6 heteroatoms. The fourth-order valence-electron chi connectivity index (χ4n) is 6.72. The first-order chi connectivity index (χ1) is 12.5. The van der Waals surface area contributed by atoms with E-state index in [0.29, 0.717) is 25.7 Å². The van der Waals surface area contributed by atoms with Crippen LogP contribution < -0.4 is 0 Å². The van der Waals surface area contributed by atoms with Crippen molar-refractivity contribution in [1.82, 2.24) is 0 Å².